The van der Waals surface area contributed by atoms with Gasteiger partial charge in [0.15, 0.2) is 0 Å². The number of nitrogens with one attached hydrogen (secondary N) is 6. The van der Waals surface area contributed by atoms with E-state index in [0.717, 1.165) is 189 Å². The number of hydrogen-bond acceptors (Lipinski definition) is 12. The van der Waals surface area contributed by atoms with Crippen LogP contribution in [0.2, 0.25) is 0 Å². The number of unbranched alkanes of at least 4 members (excludes halogenated alkanes) is 8. The summed E-state index contributed by atoms with van der Waals surface area (Å²) in [5, 5.41) is 29.6. The first kappa shape index (κ1) is 68.0. The van der Waals surface area contributed by atoms with Crippen LogP contribution in [0, 0.1) is 0 Å². The average molecular weight is 1350 g/mol. The Morgan fingerprint density at radius 3 is 0.546 bits per heavy atom. The molecule has 0 radical (unpaired) electrons. The zero-order valence-electron chi connectivity index (χ0n) is 57.7. The molecule has 0 atom stereocenters. The largest absolute Gasteiger partial charge is 2.00 e. The standard InChI is InChI=1S/C80H94N8O8.Ni/c1-9-17-41-89-65-49-33-25-26-34-50(49)66(90-42-18-10-2)58-57(65)73-81-74(58)86-76-61-62(70(94-46-22-14-6)54-38-30-29-37-53(54)69(61)93-45-21-13-5)78(83-76)88-80-64-63(71(95-47-23-15-7)55-39-31-32-40-56(55)72(64)96-48-24-16-8)79(84-80)87-77-60-59(75(82-77)85-73)67(91-43-19-11-3)51-35-27-28-36-52(51)68(60)92-44-20-12-4;/h25-40,81,84-88H,9-24,41-48H2,1-8H3;/q-2;+2. The Bertz CT molecular complexity index is 3850. The first-order valence-electron chi connectivity index (χ1n) is 35.8. The molecule has 0 spiro atoms. The van der Waals surface area contributed by atoms with Gasteiger partial charge in [-0.05, 0) is 51.4 Å². The van der Waals surface area contributed by atoms with Crippen LogP contribution in [0.5, 0.6) is 46.0 Å². The zero-order valence-corrected chi connectivity index (χ0v) is 58.7. The number of aromatic nitrogens is 4. The van der Waals surface area contributed by atoms with Crippen LogP contribution in [-0.2, 0) is 16.5 Å². The normalized spacial score (nSPS) is 12.1. The van der Waals surface area contributed by atoms with Crippen molar-refractivity contribution in [2.75, 3.05) is 74.1 Å². The van der Waals surface area contributed by atoms with E-state index < -0.39 is 0 Å². The Morgan fingerprint density at radius 1 is 0.237 bits per heavy atom. The second-order valence-electron chi connectivity index (χ2n) is 25.3. The van der Waals surface area contributed by atoms with Crippen molar-refractivity contribution < 1.29 is 54.4 Å². The minimum absolute atomic E-state index is 0. The fourth-order valence-corrected chi connectivity index (χ4v) is 13.3. The van der Waals surface area contributed by atoms with Crippen molar-refractivity contribution in [3.63, 3.8) is 0 Å². The van der Waals surface area contributed by atoms with E-state index in [-0.39, 0.29) is 16.5 Å². The van der Waals surface area contributed by atoms with E-state index in [1.165, 1.54) is 0 Å². The Labute approximate surface area is 579 Å². The summed E-state index contributed by atoms with van der Waals surface area (Å²) in [5.74, 6) is 10.2. The van der Waals surface area contributed by atoms with Crippen LogP contribution in [0.4, 0.5) is 46.5 Å². The summed E-state index contributed by atoms with van der Waals surface area (Å²) in [6, 6.07) is 33.7. The maximum absolute atomic E-state index is 7.20. The summed E-state index contributed by atoms with van der Waals surface area (Å²) in [6.07, 6.45) is 14.3. The molecule has 4 aromatic heterocycles. The smallest absolute Gasteiger partial charge is 0.492 e. The van der Waals surface area contributed by atoms with Gasteiger partial charge in [0.05, 0.1) is 97.7 Å². The molecule has 8 aromatic carbocycles. The van der Waals surface area contributed by atoms with Gasteiger partial charge in [-0.2, -0.15) is 0 Å². The Balaban J connectivity index is 0.00000897. The van der Waals surface area contributed by atoms with Gasteiger partial charge >= 0.3 is 16.5 Å². The summed E-state index contributed by atoms with van der Waals surface area (Å²) in [4.78, 5) is 19.6. The maximum Gasteiger partial charge on any atom is 2.00 e. The summed E-state index contributed by atoms with van der Waals surface area (Å²) in [6.45, 7) is 21.4. The molecular weight excluding hydrogens is 1260 g/mol. The molecule has 0 aliphatic carbocycles. The van der Waals surface area contributed by atoms with Crippen molar-refractivity contribution in [3.05, 3.63) is 97.1 Å². The number of aromatic amines is 2. The van der Waals surface area contributed by atoms with Gasteiger partial charge in [0.1, 0.15) is 46.0 Å². The summed E-state index contributed by atoms with van der Waals surface area (Å²) >= 11 is 0. The minimum atomic E-state index is 0. The van der Waals surface area contributed by atoms with E-state index in [9.17, 15) is 0 Å². The van der Waals surface area contributed by atoms with Crippen molar-refractivity contribution in [1.82, 2.24) is 19.9 Å². The molecule has 5 heterocycles. The maximum atomic E-state index is 7.20. The number of hydrogen-bond donors (Lipinski definition) is 6. The summed E-state index contributed by atoms with van der Waals surface area (Å²) < 4.78 is 57.6. The topological polar surface area (TPSA) is 182 Å². The molecule has 16 nitrogen and oxygen atoms in total. The molecule has 17 heteroatoms. The molecule has 1 aliphatic rings. The van der Waals surface area contributed by atoms with Gasteiger partial charge in [0, 0.05) is 87.9 Å². The third-order valence-electron chi connectivity index (χ3n) is 18.3. The van der Waals surface area contributed by atoms with E-state index >= 15 is 0 Å². The number of fused-ring (bicyclic) bond motifs is 24. The van der Waals surface area contributed by atoms with E-state index in [1.54, 1.807) is 0 Å². The zero-order chi connectivity index (χ0) is 66.1. The minimum Gasteiger partial charge on any atom is -0.492 e. The van der Waals surface area contributed by atoms with Gasteiger partial charge in [-0.1, -0.05) is 204 Å². The number of ether oxygens (including phenoxy) is 8. The molecule has 1 aliphatic heterocycles. The SMILES string of the molecule is CCCCOc1c2ccccc2c(OCCCC)c2c3[n-]c(c12)Nc1[nH]c(c2c(OCCCC)c4ccccc4c(OCCCC)c12)Nc1[n-]c(c2c(OCCCC)c4ccccc4c(OCCCC)c12)Nc1[nH]c(c2c(OCCCC)c4ccccc4c(OCCCC)c12)N3.[Ni+2]. The molecule has 0 saturated heterocycles. The molecule has 0 fully saturated rings. The first-order chi connectivity index (χ1) is 47.4. The van der Waals surface area contributed by atoms with Gasteiger partial charge in [-0.25, -0.2) is 0 Å². The molecule has 0 saturated carbocycles. The van der Waals surface area contributed by atoms with Crippen molar-refractivity contribution in [3.8, 4) is 46.0 Å². The number of H-pyrrole nitrogens is 2. The molecule has 8 bridgehead atoms. The van der Waals surface area contributed by atoms with Gasteiger partial charge in [-0.15, -0.1) is 0 Å². The Kier molecular flexibility index (Phi) is 22.1. The summed E-state index contributed by atoms with van der Waals surface area (Å²) in [7, 11) is 0. The number of anilines is 8. The third-order valence-corrected chi connectivity index (χ3v) is 18.3. The van der Waals surface area contributed by atoms with E-state index in [0.29, 0.717) is 145 Å². The molecular formula is C80H94N8NiO8. The van der Waals surface area contributed by atoms with Crippen LogP contribution in [-0.4, -0.2) is 62.8 Å². The fourth-order valence-electron chi connectivity index (χ4n) is 13.3. The molecule has 12 aromatic rings. The first-order valence-corrected chi connectivity index (χ1v) is 35.8. The molecule has 512 valence electrons. The van der Waals surface area contributed by atoms with Crippen molar-refractivity contribution in [2.24, 2.45) is 0 Å². The predicted octanol–water partition coefficient (Wildman–Crippen LogP) is 22.2. The summed E-state index contributed by atoms with van der Waals surface area (Å²) in [5.41, 5.74) is 0. The second kappa shape index (κ2) is 31.5. The van der Waals surface area contributed by atoms with Crippen molar-refractivity contribution in [1.29, 1.82) is 0 Å². The van der Waals surface area contributed by atoms with E-state index in [1.807, 2.05) is 0 Å². The Morgan fingerprint density at radius 2 is 0.392 bits per heavy atom. The van der Waals surface area contributed by atoms with Gasteiger partial charge < -0.3 is 79.1 Å². The van der Waals surface area contributed by atoms with Crippen LogP contribution >= 0.6 is 0 Å². The van der Waals surface area contributed by atoms with Crippen LogP contribution in [0.3, 0.4) is 0 Å². The van der Waals surface area contributed by atoms with Crippen LogP contribution in [0.1, 0.15) is 158 Å². The Hall–Kier alpha value is -8.95. The molecule has 0 unspecified atom stereocenters. The van der Waals surface area contributed by atoms with Crippen LogP contribution in [0.25, 0.3) is 86.2 Å². The number of benzene rings is 8. The van der Waals surface area contributed by atoms with Crippen molar-refractivity contribution >= 4 is 133 Å². The van der Waals surface area contributed by atoms with Gasteiger partial charge in [0.25, 0.3) is 0 Å². The van der Waals surface area contributed by atoms with Gasteiger partial charge in [0.2, 0.25) is 0 Å². The molecule has 6 N–H and O–H groups in total. The molecule has 0 amide bonds. The van der Waals surface area contributed by atoms with Crippen LogP contribution < -0.4 is 69.1 Å². The monoisotopic (exact) mass is 1350 g/mol. The quantitative estimate of drug-likeness (QED) is 0.0173. The predicted molar refractivity (Wildman–Crippen MR) is 398 cm³/mol. The third kappa shape index (κ3) is 13.1. The van der Waals surface area contributed by atoms with E-state index in [4.69, 9.17) is 47.9 Å². The molecule has 13 rings (SSSR count). The second-order valence-corrected chi connectivity index (χ2v) is 25.3. The van der Waals surface area contributed by atoms with E-state index in [2.05, 4.69) is 184 Å². The fraction of sp³-hybridized carbons (Fsp3) is 0.400. The van der Waals surface area contributed by atoms with Gasteiger partial charge in [-0.3, -0.25) is 0 Å². The number of rotatable bonds is 32. The van der Waals surface area contributed by atoms with Crippen molar-refractivity contribution in [2.45, 2.75) is 158 Å². The number of nitrogens with zero attached hydrogens (tertiary/aromatic N) is 2. The average Bonchev–Trinajstić information content (AvgIpc) is 1.58. The van der Waals surface area contributed by atoms with Crippen LogP contribution in [0.15, 0.2) is 97.1 Å². The molecule has 97 heavy (non-hydrogen) atoms.